The van der Waals surface area contributed by atoms with Crippen molar-refractivity contribution < 1.29 is 76.1 Å². The predicted octanol–water partition coefficient (Wildman–Crippen LogP) is 6.97. The van der Waals surface area contributed by atoms with Crippen LogP contribution >= 0.6 is 34.8 Å². The van der Waals surface area contributed by atoms with Crippen LogP contribution in [-0.4, -0.2) is 114 Å². The average Bonchev–Trinajstić information content (AvgIpc) is 3.75. The Hall–Kier alpha value is -5.30. The van der Waals surface area contributed by atoms with Gasteiger partial charge in [-0.15, -0.1) is 0 Å². The van der Waals surface area contributed by atoms with Gasteiger partial charge in [-0.2, -0.15) is 0 Å². The standard InChI is InChI=1S/C46H50Cl3NO16/c1-25(51)59-33-31(64-40(66-41(50)46(47,48)49)35(33)65-43(56)45(5,6)7)30(24-58-42(55)44(2,3)4)61-39-34(63-38(54)28-21-15-10-16-22-28)32(62-37(53)27-19-13-9-14-20-27)29(60-39)23-57-36(52)26-17-11-8-12-18-26/h8-22,29-35,39-40,50H,23-24H2,1-7H3/t29-,30-,31+,32-,33+,34+,35-,39-,40-/m1/s1. The maximum Gasteiger partial charge on any atom is 0.338 e. The van der Waals surface area contributed by atoms with Crippen molar-refractivity contribution in [3.8, 4) is 0 Å². The molecular formula is C46H50Cl3NO16. The lowest BCUT2D eigenvalue weighted by molar-refractivity contribution is -0.238. The highest BCUT2D eigenvalue weighted by molar-refractivity contribution is 6.76. The molecule has 9 atom stereocenters. The summed E-state index contributed by atoms with van der Waals surface area (Å²) in [6.07, 6.45) is -14.9. The highest BCUT2D eigenvalue weighted by Gasteiger charge is 2.58. The molecule has 2 heterocycles. The molecule has 2 saturated heterocycles. The summed E-state index contributed by atoms with van der Waals surface area (Å²) in [4.78, 5) is 80.4. The molecule has 3 aromatic rings. The number of ether oxygens (including phenoxy) is 10. The molecule has 0 amide bonds. The Morgan fingerprint density at radius 1 is 0.576 bits per heavy atom. The van der Waals surface area contributed by atoms with Crippen molar-refractivity contribution in [3.05, 3.63) is 108 Å². The second-order valence-electron chi connectivity index (χ2n) is 17.1. The van der Waals surface area contributed by atoms with Gasteiger partial charge < -0.3 is 47.4 Å². The van der Waals surface area contributed by atoms with E-state index in [4.69, 9.17) is 87.6 Å². The SMILES string of the molecule is CC(=O)O[C@H]1[C@H]([C@@H](COC(=O)C(C)(C)C)O[C@H]2O[C@H](COC(=O)c3ccccc3)[C@@H](OC(=O)c3ccccc3)[C@@H]2OC(=O)c2ccccc2)O[C@H](OC(=N)C(Cl)(Cl)Cl)[C@@H]1OC(=O)C(C)(C)C. The van der Waals surface area contributed by atoms with Gasteiger partial charge in [-0.05, 0) is 77.9 Å². The number of alkyl halides is 3. The molecular weight excluding hydrogens is 929 g/mol. The number of esters is 6. The average molecular weight is 979 g/mol. The quantitative estimate of drug-likeness (QED) is 0.0534. The van der Waals surface area contributed by atoms with Gasteiger partial charge in [0.25, 0.3) is 3.79 Å². The molecule has 2 aliphatic rings. The Morgan fingerprint density at radius 2 is 1.05 bits per heavy atom. The minimum Gasteiger partial charge on any atom is -0.462 e. The topological polar surface area (TPSA) is 219 Å². The van der Waals surface area contributed by atoms with Gasteiger partial charge >= 0.3 is 35.8 Å². The molecule has 17 nitrogen and oxygen atoms in total. The number of rotatable bonds is 15. The lowest BCUT2D eigenvalue weighted by Gasteiger charge is -2.32. The van der Waals surface area contributed by atoms with Crippen molar-refractivity contribution in [3.63, 3.8) is 0 Å². The van der Waals surface area contributed by atoms with Gasteiger partial charge in [0, 0.05) is 6.92 Å². The highest BCUT2D eigenvalue weighted by atomic mass is 35.6. The maximum atomic E-state index is 13.9. The van der Waals surface area contributed by atoms with Crippen molar-refractivity contribution in [1.82, 2.24) is 0 Å². The first-order chi connectivity index (χ1) is 30.9. The lowest BCUT2D eigenvalue weighted by Crippen LogP contribution is -2.50. The molecule has 2 fully saturated rings. The van der Waals surface area contributed by atoms with E-state index in [0.717, 1.165) is 6.92 Å². The van der Waals surface area contributed by atoms with Gasteiger partial charge in [-0.3, -0.25) is 19.8 Å². The molecule has 2 aliphatic heterocycles. The van der Waals surface area contributed by atoms with E-state index >= 15 is 0 Å². The van der Waals surface area contributed by atoms with E-state index in [9.17, 15) is 28.8 Å². The van der Waals surface area contributed by atoms with E-state index in [1.807, 2.05) is 0 Å². The van der Waals surface area contributed by atoms with Crippen LogP contribution in [0.2, 0.25) is 0 Å². The molecule has 0 aromatic heterocycles. The van der Waals surface area contributed by atoms with Crippen LogP contribution in [0, 0.1) is 16.2 Å². The largest absolute Gasteiger partial charge is 0.462 e. The first-order valence-electron chi connectivity index (χ1n) is 20.5. The van der Waals surface area contributed by atoms with Crippen molar-refractivity contribution >= 4 is 76.5 Å². The van der Waals surface area contributed by atoms with E-state index < -0.39 is 125 Å². The first kappa shape index (κ1) is 51.7. The first-order valence-corrected chi connectivity index (χ1v) is 21.7. The molecule has 0 aliphatic carbocycles. The fourth-order valence-electron chi connectivity index (χ4n) is 6.29. The summed E-state index contributed by atoms with van der Waals surface area (Å²) in [5.41, 5.74) is -1.86. The third-order valence-corrected chi connectivity index (χ3v) is 10.2. The van der Waals surface area contributed by atoms with Crippen LogP contribution in [0.5, 0.6) is 0 Å². The molecule has 1 N–H and O–H groups in total. The van der Waals surface area contributed by atoms with Crippen molar-refractivity contribution in [2.24, 2.45) is 10.8 Å². The zero-order valence-corrected chi connectivity index (χ0v) is 39.2. The molecule has 0 spiro atoms. The van der Waals surface area contributed by atoms with Crippen molar-refractivity contribution in [2.45, 2.75) is 108 Å². The summed E-state index contributed by atoms with van der Waals surface area (Å²) >= 11 is 17.9. The summed E-state index contributed by atoms with van der Waals surface area (Å²) in [5.74, 6) is -6.02. The van der Waals surface area contributed by atoms with Crippen molar-refractivity contribution in [1.29, 1.82) is 5.41 Å². The van der Waals surface area contributed by atoms with Gasteiger partial charge in [-0.1, -0.05) is 89.4 Å². The Bertz CT molecular complexity index is 2190. The molecule has 5 rings (SSSR count). The third-order valence-electron chi connectivity index (χ3n) is 9.68. The minimum atomic E-state index is -2.45. The van der Waals surface area contributed by atoms with Crippen LogP contribution in [0.25, 0.3) is 0 Å². The minimum absolute atomic E-state index is 0.0768. The third kappa shape index (κ3) is 13.9. The van der Waals surface area contributed by atoms with Crippen LogP contribution in [0.15, 0.2) is 91.0 Å². The zero-order valence-electron chi connectivity index (χ0n) is 36.9. The summed E-state index contributed by atoms with van der Waals surface area (Å²) < 4.78 is 57.2. The normalized spacial score (nSPS) is 23.4. The number of carbonyl (C=O) groups excluding carboxylic acids is 6. The zero-order chi connectivity index (χ0) is 48.6. The molecule has 0 unspecified atom stereocenters. The number of halogens is 3. The monoisotopic (exact) mass is 977 g/mol. The van der Waals surface area contributed by atoms with E-state index in [-0.39, 0.29) is 16.7 Å². The van der Waals surface area contributed by atoms with Gasteiger partial charge in [0.2, 0.25) is 18.3 Å². The van der Waals surface area contributed by atoms with Crippen molar-refractivity contribution in [2.75, 3.05) is 13.2 Å². The van der Waals surface area contributed by atoms with E-state index in [1.54, 1.807) is 96.1 Å². The predicted molar refractivity (Wildman–Crippen MR) is 235 cm³/mol. The Kier molecular flexibility index (Phi) is 17.2. The molecule has 0 saturated carbocycles. The molecule has 66 heavy (non-hydrogen) atoms. The van der Waals surface area contributed by atoms with Gasteiger partial charge in [-0.25, -0.2) is 14.4 Å². The van der Waals surface area contributed by atoms with Gasteiger partial charge in [0.1, 0.15) is 31.5 Å². The Morgan fingerprint density at radius 3 is 1.52 bits per heavy atom. The van der Waals surface area contributed by atoms with Crippen LogP contribution in [-0.2, 0) is 61.8 Å². The number of benzene rings is 3. The Labute approximate surface area is 395 Å². The molecule has 0 radical (unpaired) electrons. The Balaban J connectivity index is 1.61. The number of hydrogen-bond donors (Lipinski definition) is 1. The second kappa shape index (κ2) is 22.0. The van der Waals surface area contributed by atoms with E-state index in [2.05, 4.69) is 0 Å². The smallest absolute Gasteiger partial charge is 0.338 e. The summed E-state index contributed by atoms with van der Waals surface area (Å²) in [7, 11) is 0. The molecule has 356 valence electrons. The van der Waals surface area contributed by atoms with Gasteiger partial charge in [0.15, 0.2) is 24.6 Å². The van der Waals surface area contributed by atoms with Gasteiger partial charge in [0.05, 0.1) is 27.5 Å². The molecule has 3 aromatic carbocycles. The second-order valence-corrected chi connectivity index (χ2v) is 19.4. The summed E-state index contributed by atoms with van der Waals surface area (Å²) in [6, 6.07) is 23.6. The lowest BCUT2D eigenvalue weighted by atomic mass is 9.97. The number of nitrogens with one attached hydrogen (secondary N) is 1. The van der Waals surface area contributed by atoms with Crippen LogP contribution in [0.4, 0.5) is 0 Å². The maximum absolute atomic E-state index is 13.9. The molecule has 0 bridgehead atoms. The fourth-order valence-corrected chi connectivity index (χ4v) is 6.42. The fraction of sp³-hybridized carbons (Fsp3) is 0.457. The van der Waals surface area contributed by atoms with E-state index in [1.165, 1.54) is 36.4 Å². The van der Waals surface area contributed by atoms with Crippen LogP contribution in [0.1, 0.15) is 79.5 Å². The van der Waals surface area contributed by atoms with E-state index in [0.29, 0.717) is 0 Å². The number of hydrogen-bond acceptors (Lipinski definition) is 17. The summed E-state index contributed by atoms with van der Waals surface area (Å²) in [6.45, 7) is 9.14. The summed E-state index contributed by atoms with van der Waals surface area (Å²) in [5, 5.41) is 8.32. The highest BCUT2D eigenvalue weighted by Crippen LogP contribution is 2.38. The van der Waals surface area contributed by atoms with Crippen LogP contribution < -0.4 is 0 Å². The van der Waals surface area contributed by atoms with Crippen LogP contribution in [0.3, 0.4) is 0 Å². The molecule has 20 heteroatoms. The number of carbonyl (C=O) groups is 6.